The van der Waals surface area contributed by atoms with Crippen LogP contribution in [0.15, 0.2) is 30.5 Å². The average molecular weight is 409 g/mol. The predicted octanol–water partition coefficient (Wildman–Crippen LogP) is -1.48. The molecule has 1 aromatic rings. The largest absolute Gasteiger partial charge is 0.497 e. The van der Waals surface area contributed by atoms with Crippen molar-refractivity contribution in [1.29, 1.82) is 0 Å². The smallest absolute Gasteiger partial charge is 0.325 e. The number of aliphatic hydroxyl groups is 3. The number of carbonyl (C=O) groups excluding carboxylic acids is 2. The summed E-state index contributed by atoms with van der Waals surface area (Å²) in [5.74, 6) is 0.117. The molecule has 2 heterocycles. The van der Waals surface area contributed by atoms with Crippen LogP contribution in [-0.2, 0) is 4.74 Å². The average Bonchev–Trinajstić information content (AvgIpc) is 3.01. The molecule has 1 aromatic carbocycles. The van der Waals surface area contributed by atoms with E-state index in [-0.39, 0.29) is 5.56 Å². The summed E-state index contributed by atoms with van der Waals surface area (Å²) in [6.07, 6.45) is -2.71. The molecule has 1 saturated heterocycles. The van der Waals surface area contributed by atoms with Crippen LogP contribution in [0.25, 0.3) is 0 Å². The second-order valence-electron chi connectivity index (χ2n) is 6.68. The van der Waals surface area contributed by atoms with Gasteiger partial charge in [-0.15, -0.1) is 0 Å². The van der Waals surface area contributed by atoms with E-state index in [1.165, 1.54) is 38.6 Å². The summed E-state index contributed by atoms with van der Waals surface area (Å²) >= 11 is 0. The van der Waals surface area contributed by atoms with Crippen LogP contribution in [0.2, 0.25) is 0 Å². The number of amides is 2. The van der Waals surface area contributed by atoms with E-state index in [1.807, 2.05) is 0 Å². The van der Waals surface area contributed by atoms with Gasteiger partial charge >= 0.3 is 6.03 Å². The van der Waals surface area contributed by atoms with Crippen molar-refractivity contribution in [2.75, 3.05) is 20.8 Å². The number of ether oxygens (including phenoxy) is 3. The van der Waals surface area contributed by atoms with Gasteiger partial charge in [0.1, 0.15) is 29.8 Å². The Hall–Kier alpha value is -2.70. The quantitative estimate of drug-likeness (QED) is 0.352. The highest BCUT2D eigenvalue weighted by Crippen LogP contribution is 2.28. The molecule has 2 aliphatic heterocycles. The lowest BCUT2D eigenvalue weighted by Gasteiger charge is -2.36. The maximum atomic E-state index is 13.0. The van der Waals surface area contributed by atoms with Crippen molar-refractivity contribution >= 4 is 11.8 Å². The highest BCUT2D eigenvalue weighted by atomic mass is 16.6. The second-order valence-corrected chi connectivity index (χ2v) is 6.68. The van der Waals surface area contributed by atoms with E-state index < -0.39 is 48.6 Å². The first kappa shape index (κ1) is 21.0. The minimum atomic E-state index is -1.87. The highest BCUT2D eigenvalue weighted by Gasteiger charge is 2.49. The van der Waals surface area contributed by atoms with Gasteiger partial charge in [0.25, 0.3) is 0 Å². The number of Topliss-reactive ketones (excluding diaryl/α,β-unsaturated/α-hetero) is 1. The summed E-state index contributed by atoms with van der Waals surface area (Å²) in [5, 5.41) is 31.5. The Kier molecular flexibility index (Phi) is 5.78. The Bertz CT molecular complexity index is 809. The van der Waals surface area contributed by atoms with Crippen molar-refractivity contribution in [3.63, 3.8) is 0 Å². The van der Waals surface area contributed by atoms with Crippen LogP contribution in [0, 0.1) is 0 Å². The molecular weight excluding hydrogens is 386 g/mol. The minimum absolute atomic E-state index is 0.148. The Morgan fingerprint density at radius 3 is 2.34 bits per heavy atom. The van der Waals surface area contributed by atoms with Crippen molar-refractivity contribution in [2.24, 2.45) is 5.73 Å². The third-order valence-corrected chi connectivity index (χ3v) is 4.83. The van der Waals surface area contributed by atoms with E-state index in [4.69, 9.17) is 19.9 Å². The lowest BCUT2D eigenvalue weighted by Crippen LogP contribution is -2.66. The van der Waals surface area contributed by atoms with E-state index in [1.54, 1.807) is 6.07 Å². The van der Waals surface area contributed by atoms with Crippen LogP contribution in [0.5, 0.6) is 11.5 Å². The molecule has 5 atom stereocenters. The van der Waals surface area contributed by atoms with Gasteiger partial charge in [0, 0.05) is 17.8 Å². The van der Waals surface area contributed by atoms with Gasteiger partial charge in [-0.05, 0) is 18.2 Å². The maximum Gasteiger partial charge on any atom is 0.325 e. The number of nitrogens with two attached hydrogens (primary N) is 1. The van der Waals surface area contributed by atoms with E-state index >= 15 is 0 Å². The van der Waals surface area contributed by atoms with Crippen LogP contribution in [0.4, 0.5) is 4.79 Å². The molecule has 2 aliphatic rings. The second kappa shape index (κ2) is 7.97. The van der Waals surface area contributed by atoms with Crippen molar-refractivity contribution in [2.45, 2.75) is 30.2 Å². The van der Waals surface area contributed by atoms with Crippen LogP contribution in [0.1, 0.15) is 10.4 Å². The van der Waals surface area contributed by atoms with E-state index in [0.29, 0.717) is 11.5 Å². The number of hydrogen-bond donors (Lipinski definition) is 5. The van der Waals surface area contributed by atoms with Gasteiger partial charge in [0.05, 0.1) is 20.8 Å². The highest BCUT2D eigenvalue weighted by molar-refractivity contribution is 6.07. The molecule has 158 valence electrons. The van der Waals surface area contributed by atoms with Gasteiger partial charge in [-0.2, -0.15) is 0 Å². The molecule has 0 aromatic heterocycles. The topological polar surface area (TPSA) is 164 Å². The van der Waals surface area contributed by atoms with Gasteiger partial charge in [-0.3, -0.25) is 15.4 Å². The number of rotatable bonds is 6. The fraction of sp³-hybridized carbons (Fsp3) is 0.444. The van der Waals surface area contributed by atoms with Crippen molar-refractivity contribution in [3.8, 4) is 11.5 Å². The number of urea groups is 1. The molecule has 11 heteroatoms. The number of ketones is 1. The van der Waals surface area contributed by atoms with Crippen LogP contribution < -0.4 is 20.5 Å². The molecule has 11 nitrogen and oxygen atoms in total. The predicted molar refractivity (Wildman–Crippen MR) is 98.1 cm³/mol. The SMILES string of the molecule is COc1cc(OC)cc(C(=O)C2(N)C=CN([C@@H]3O[C@H](CO)[C@@H](O)[C@H]3O)C(=O)N2)c1. The molecule has 0 bridgehead atoms. The monoisotopic (exact) mass is 409 g/mol. The number of carbonyl (C=O) groups is 2. The number of hydrogen-bond acceptors (Lipinski definition) is 9. The Balaban J connectivity index is 1.85. The first-order chi connectivity index (χ1) is 13.7. The summed E-state index contributed by atoms with van der Waals surface area (Å²) in [7, 11) is 2.87. The molecule has 1 fully saturated rings. The Labute approximate surface area is 166 Å². The molecule has 0 radical (unpaired) electrons. The summed E-state index contributed by atoms with van der Waals surface area (Å²) < 4.78 is 15.6. The Morgan fingerprint density at radius 2 is 1.86 bits per heavy atom. The fourth-order valence-electron chi connectivity index (χ4n) is 3.17. The third kappa shape index (κ3) is 3.78. The molecule has 0 spiro atoms. The Morgan fingerprint density at radius 1 is 1.24 bits per heavy atom. The van der Waals surface area contributed by atoms with E-state index in [0.717, 1.165) is 4.90 Å². The summed E-state index contributed by atoms with van der Waals surface area (Å²) in [6.45, 7) is -0.537. The summed E-state index contributed by atoms with van der Waals surface area (Å²) in [5.41, 5.74) is 4.39. The normalized spacial score (nSPS) is 31.5. The van der Waals surface area contributed by atoms with Crippen molar-refractivity contribution in [3.05, 3.63) is 36.0 Å². The summed E-state index contributed by atoms with van der Waals surface area (Å²) in [6, 6.07) is 3.67. The van der Waals surface area contributed by atoms with E-state index in [2.05, 4.69) is 5.32 Å². The molecule has 0 saturated carbocycles. The molecular formula is C18H23N3O8. The van der Waals surface area contributed by atoms with Gasteiger partial charge in [0.2, 0.25) is 5.78 Å². The van der Waals surface area contributed by atoms with Crippen LogP contribution in [-0.4, -0.2) is 83.1 Å². The molecule has 2 amide bonds. The maximum absolute atomic E-state index is 13.0. The van der Waals surface area contributed by atoms with E-state index in [9.17, 15) is 24.9 Å². The zero-order valence-electron chi connectivity index (χ0n) is 15.8. The van der Waals surface area contributed by atoms with Crippen LogP contribution in [0.3, 0.4) is 0 Å². The molecule has 0 aliphatic carbocycles. The molecule has 3 rings (SSSR count). The lowest BCUT2D eigenvalue weighted by atomic mass is 9.96. The molecule has 1 unspecified atom stereocenters. The van der Waals surface area contributed by atoms with Gasteiger partial charge in [0.15, 0.2) is 11.9 Å². The molecule has 6 N–H and O–H groups in total. The third-order valence-electron chi connectivity index (χ3n) is 4.83. The van der Waals surface area contributed by atoms with Gasteiger partial charge < -0.3 is 34.8 Å². The lowest BCUT2D eigenvalue weighted by molar-refractivity contribution is -0.0666. The van der Waals surface area contributed by atoms with Crippen molar-refractivity contribution < 1.29 is 39.1 Å². The number of nitrogens with zero attached hydrogens (tertiary/aromatic N) is 1. The summed E-state index contributed by atoms with van der Waals surface area (Å²) in [4.78, 5) is 26.5. The first-order valence-corrected chi connectivity index (χ1v) is 8.73. The number of nitrogens with one attached hydrogen (secondary N) is 1. The fourth-order valence-corrected chi connectivity index (χ4v) is 3.17. The van der Waals surface area contributed by atoms with Crippen molar-refractivity contribution in [1.82, 2.24) is 10.2 Å². The number of aliphatic hydroxyl groups excluding tert-OH is 3. The number of benzene rings is 1. The van der Waals surface area contributed by atoms with Crippen LogP contribution >= 0.6 is 0 Å². The first-order valence-electron chi connectivity index (χ1n) is 8.73. The van der Waals surface area contributed by atoms with Gasteiger partial charge in [-0.1, -0.05) is 0 Å². The molecule has 29 heavy (non-hydrogen) atoms. The zero-order chi connectivity index (χ0) is 21.3. The minimum Gasteiger partial charge on any atom is -0.497 e. The van der Waals surface area contributed by atoms with Gasteiger partial charge in [-0.25, -0.2) is 4.79 Å². The standard InChI is InChI=1S/C18H23N3O8/c1-27-10-5-9(6-11(7-10)28-2)15(25)18(19)3-4-21(17(26)20-18)16-14(24)13(23)12(8-22)29-16/h3-7,12-14,16,22-24H,8,19H2,1-2H3,(H,20,26)/t12-,13-,14-,16-,18?/m1/s1. The zero-order valence-corrected chi connectivity index (χ0v) is 15.8. The number of methoxy groups -OCH3 is 2.